The van der Waals surface area contributed by atoms with E-state index in [0.29, 0.717) is 27.4 Å². The molecule has 8 rings (SSSR count). The van der Waals surface area contributed by atoms with Crippen molar-refractivity contribution >= 4 is 61.4 Å². The molecular weight excluding hydrogens is 489 g/mol. The van der Waals surface area contributed by atoms with Crippen molar-refractivity contribution in [2.45, 2.75) is 13.7 Å². The summed E-state index contributed by atoms with van der Waals surface area (Å²) in [5, 5.41) is 46.6. The SMILES string of the molecule is CB1c2cc(-c3cccc4c3oc3ccccc34)ccc2-n2c3c(O)cc(C)c(O)c3c3c(O)c(O)cc1c32. The van der Waals surface area contributed by atoms with Crippen LogP contribution in [0.15, 0.2) is 77.2 Å². The summed E-state index contributed by atoms with van der Waals surface area (Å²) in [5.41, 5.74) is 7.72. The molecule has 39 heavy (non-hydrogen) atoms. The maximum atomic E-state index is 11.1. The van der Waals surface area contributed by atoms with Crippen molar-refractivity contribution in [3.05, 3.63) is 78.4 Å². The fourth-order valence-corrected chi connectivity index (χ4v) is 6.49. The predicted molar refractivity (Wildman–Crippen MR) is 156 cm³/mol. The lowest BCUT2D eigenvalue weighted by Crippen LogP contribution is -2.45. The van der Waals surface area contributed by atoms with Gasteiger partial charge in [-0.3, -0.25) is 0 Å². The number of para-hydroxylation sites is 2. The smallest absolute Gasteiger partial charge is 0.211 e. The van der Waals surface area contributed by atoms with Crippen molar-refractivity contribution in [3.63, 3.8) is 0 Å². The van der Waals surface area contributed by atoms with E-state index >= 15 is 0 Å². The van der Waals surface area contributed by atoms with E-state index in [0.717, 1.165) is 49.7 Å². The molecule has 0 aliphatic carbocycles. The van der Waals surface area contributed by atoms with E-state index in [1.807, 2.05) is 47.0 Å². The Hall–Kier alpha value is -5.04. The number of phenolic OH excluding ortho intramolecular Hbond substituents is 4. The first-order valence-corrected chi connectivity index (χ1v) is 12.8. The molecule has 0 bridgehead atoms. The van der Waals surface area contributed by atoms with Gasteiger partial charge in [-0.25, -0.2) is 0 Å². The summed E-state index contributed by atoms with van der Waals surface area (Å²) in [6, 6.07) is 23.4. The molecule has 0 atom stereocenters. The minimum atomic E-state index is -0.318. The molecule has 2 aromatic heterocycles. The fraction of sp³-hybridized carbons (Fsp3) is 0.0625. The Morgan fingerprint density at radius 1 is 0.718 bits per heavy atom. The highest BCUT2D eigenvalue weighted by Gasteiger charge is 2.34. The second kappa shape index (κ2) is 7.29. The van der Waals surface area contributed by atoms with Crippen LogP contribution in [0.2, 0.25) is 6.82 Å². The monoisotopic (exact) mass is 511 g/mol. The van der Waals surface area contributed by atoms with Gasteiger partial charge in [-0.1, -0.05) is 60.8 Å². The van der Waals surface area contributed by atoms with Crippen LogP contribution in [0.25, 0.3) is 60.6 Å². The van der Waals surface area contributed by atoms with Crippen molar-refractivity contribution in [1.29, 1.82) is 0 Å². The van der Waals surface area contributed by atoms with Crippen LogP contribution >= 0.6 is 0 Å². The average Bonchev–Trinajstić information content (AvgIpc) is 3.50. The lowest BCUT2D eigenvalue weighted by atomic mass is 9.41. The molecule has 7 heteroatoms. The summed E-state index contributed by atoms with van der Waals surface area (Å²) in [5.74, 6) is -0.641. The number of phenols is 4. The van der Waals surface area contributed by atoms with Gasteiger partial charge >= 0.3 is 0 Å². The number of benzene rings is 5. The van der Waals surface area contributed by atoms with Gasteiger partial charge in [-0.2, -0.15) is 0 Å². The molecule has 6 nitrogen and oxygen atoms in total. The van der Waals surface area contributed by atoms with Crippen LogP contribution < -0.4 is 10.9 Å². The molecule has 0 unspecified atom stereocenters. The van der Waals surface area contributed by atoms with E-state index in [2.05, 4.69) is 25.0 Å². The Bertz CT molecular complexity index is 2210. The van der Waals surface area contributed by atoms with E-state index in [1.54, 1.807) is 13.0 Å². The number of aryl methyl sites for hydroxylation is 1. The lowest BCUT2D eigenvalue weighted by Gasteiger charge is -2.25. The Kier molecular flexibility index (Phi) is 4.11. The third-order valence-corrected chi connectivity index (χ3v) is 8.34. The number of hydrogen-bond donors (Lipinski definition) is 4. The number of fused-ring (bicyclic) bond motifs is 8. The van der Waals surface area contributed by atoms with Crippen LogP contribution in [0.1, 0.15) is 5.56 Å². The minimum Gasteiger partial charge on any atom is -0.507 e. The van der Waals surface area contributed by atoms with Crippen LogP contribution in [0.3, 0.4) is 0 Å². The number of rotatable bonds is 1. The maximum Gasteiger partial charge on any atom is 0.211 e. The summed E-state index contributed by atoms with van der Waals surface area (Å²) >= 11 is 0. The standard InChI is InChI=1S/C32H22BNO5/c1-15-12-23(35)29-27(30(15)37)26-28-21(14-24(36)31(26)38)33(2)20-13-16(10-11-22(20)34(28)29)17-7-5-8-19-18-6-3-4-9-25(18)39-32(17)19/h3-14,35-38H,1-2H3. The fourth-order valence-electron chi connectivity index (χ4n) is 6.49. The van der Waals surface area contributed by atoms with Crippen molar-refractivity contribution in [2.24, 2.45) is 0 Å². The molecule has 0 radical (unpaired) electrons. The van der Waals surface area contributed by atoms with E-state index in [9.17, 15) is 20.4 Å². The molecule has 0 amide bonds. The molecular formula is C32H22BNO5. The number of aromatic hydroxyl groups is 4. The Morgan fingerprint density at radius 3 is 2.33 bits per heavy atom. The molecule has 5 aromatic carbocycles. The van der Waals surface area contributed by atoms with Gasteiger partial charge in [0.05, 0.1) is 16.3 Å². The minimum absolute atomic E-state index is 0.0158. The van der Waals surface area contributed by atoms with Crippen LogP contribution in [0.5, 0.6) is 23.0 Å². The lowest BCUT2D eigenvalue weighted by molar-refractivity contribution is 0.408. The zero-order valence-electron chi connectivity index (χ0n) is 21.1. The topological polar surface area (TPSA) is 99.0 Å². The molecule has 3 heterocycles. The molecule has 4 N–H and O–H groups in total. The van der Waals surface area contributed by atoms with Gasteiger partial charge in [0.25, 0.3) is 0 Å². The number of furan rings is 1. The molecule has 0 saturated heterocycles. The van der Waals surface area contributed by atoms with Crippen molar-refractivity contribution < 1.29 is 24.8 Å². The zero-order valence-corrected chi connectivity index (χ0v) is 21.1. The van der Waals surface area contributed by atoms with Crippen molar-refractivity contribution in [2.75, 3.05) is 0 Å². The number of hydrogen-bond acceptors (Lipinski definition) is 5. The number of aromatic nitrogens is 1. The Morgan fingerprint density at radius 2 is 1.49 bits per heavy atom. The highest BCUT2D eigenvalue weighted by Crippen LogP contribution is 2.49. The molecule has 188 valence electrons. The van der Waals surface area contributed by atoms with Crippen LogP contribution in [0.4, 0.5) is 0 Å². The first kappa shape index (κ1) is 22.0. The molecule has 0 saturated carbocycles. The maximum absolute atomic E-state index is 11.1. The van der Waals surface area contributed by atoms with Crippen molar-refractivity contribution in [1.82, 2.24) is 4.57 Å². The van der Waals surface area contributed by atoms with Crippen LogP contribution in [-0.4, -0.2) is 31.7 Å². The van der Waals surface area contributed by atoms with E-state index in [-0.39, 0.29) is 29.7 Å². The average molecular weight is 511 g/mol. The van der Waals surface area contributed by atoms with Gasteiger partial charge in [0.1, 0.15) is 28.2 Å². The molecule has 0 fully saturated rings. The quantitative estimate of drug-likeness (QED) is 0.123. The first-order valence-electron chi connectivity index (χ1n) is 12.8. The highest BCUT2D eigenvalue weighted by molar-refractivity contribution is 6.87. The second-order valence-corrected chi connectivity index (χ2v) is 10.5. The largest absolute Gasteiger partial charge is 0.507 e. The van der Waals surface area contributed by atoms with Crippen LogP contribution in [-0.2, 0) is 0 Å². The summed E-state index contributed by atoms with van der Waals surface area (Å²) in [6.07, 6.45) is 0. The van der Waals surface area contributed by atoms with E-state index < -0.39 is 0 Å². The Labute approximate surface area is 222 Å². The van der Waals surface area contributed by atoms with Crippen LogP contribution in [0, 0.1) is 6.92 Å². The van der Waals surface area contributed by atoms with Gasteiger partial charge in [-0.05, 0) is 47.8 Å². The molecule has 1 aliphatic rings. The molecule has 7 aromatic rings. The van der Waals surface area contributed by atoms with E-state index in [1.165, 1.54) is 6.07 Å². The third-order valence-electron chi connectivity index (χ3n) is 8.34. The normalized spacial score (nSPS) is 12.7. The summed E-state index contributed by atoms with van der Waals surface area (Å²) in [6.45, 7) is 3.60. The van der Waals surface area contributed by atoms with Gasteiger partial charge in [0, 0.05) is 22.0 Å². The number of nitrogens with zero attached hydrogens (tertiary/aromatic N) is 1. The van der Waals surface area contributed by atoms with Gasteiger partial charge in [0.15, 0.2) is 11.5 Å². The zero-order chi connectivity index (χ0) is 26.7. The van der Waals surface area contributed by atoms with Gasteiger partial charge in [-0.15, -0.1) is 0 Å². The first-order chi connectivity index (χ1) is 18.8. The second-order valence-electron chi connectivity index (χ2n) is 10.5. The summed E-state index contributed by atoms with van der Waals surface area (Å²) in [4.78, 5) is 0. The molecule has 0 spiro atoms. The van der Waals surface area contributed by atoms with E-state index in [4.69, 9.17) is 4.42 Å². The van der Waals surface area contributed by atoms with Gasteiger partial charge in [0.2, 0.25) is 6.71 Å². The van der Waals surface area contributed by atoms with Gasteiger partial charge < -0.3 is 29.4 Å². The summed E-state index contributed by atoms with van der Waals surface area (Å²) in [7, 11) is 0. The summed E-state index contributed by atoms with van der Waals surface area (Å²) < 4.78 is 8.18. The molecule has 1 aliphatic heterocycles. The predicted octanol–water partition coefficient (Wildman–Crippen LogP) is 6.03. The third kappa shape index (κ3) is 2.66. The Balaban J connectivity index is 1.47. The van der Waals surface area contributed by atoms with Crippen molar-refractivity contribution in [3.8, 4) is 39.8 Å². The highest BCUT2D eigenvalue weighted by atomic mass is 16.3.